The first-order chi connectivity index (χ1) is 13.1. The number of carbonyl (C=O) groups is 2. The molecule has 0 spiro atoms. The lowest BCUT2D eigenvalue weighted by Gasteiger charge is -2.12. The SMILES string of the molecule is O=C1c2ccccc2C(=O)N1CSc1nc2sc3c(c2c(=O)[nH]1)CCCC3. The molecule has 5 rings (SSSR count). The van der Waals surface area contributed by atoms with Crippen LogP contribution in [0.4, 0.5) is 0 Å². The molecule has 3 heterocycles. The van der Waals surface area contributed by atoms with Crippen molar-refractivity contribution in [3.05, 3.63) is 56.2 Å². The predicted octanol–water partition coefficient (Wildman–Crippen LogP) is 3.21. The van der Waals surface area contributed by atoms with Crippen LogP contribution in [0, 0.1) is 0 Å². The van der Waals surface area contributed by atoms with Gasteiger partial charge in [0.25, 0.3) is 17.4 Å². The summed E-state index contributed by atoms with van der Waals surface area (Å²) in [6, 6.07) is 6.80. The van der Waals surface area contributed by atoms with Gasteiger partial charge in [0.2, 0.25) is 0 Å². The molecule has 2 amide bonds. The van der Waals surface area contributed by atoms with E-state index in [1.54, 1.807) is 35.6 Å². The number of amides is 2. The number of imide groups is 1. The van der Waals surface area contributed by atoms with Gasteiger partial charge in [-0.3, -0.25) is 19.3 Å². The van der Waals surface area contributed by atoms with Crippen LogP contribution in [0.1, 0.15) is 44.0 Å². The molecule has 1 aliphatic carbocycles. The number of thiophene rings is 1. The van der Waals surface area contributed by atoms with Gasteiger partial charge in [0.05, 0.1) is 22.4 Å². The van der Waals surface area contributed by atoms with E-state index in [1.807, 2.05) is 0 Å². The number of hydrogen-bond acceptors (Lipinski definition) is 6. The Morgan fingerprint density at radius 1 is 1.07 bits per heavy atom. The predicted molar refractivity (Wildman–Crippen MR) is 105 cm³/mol. The molecule has 3 aromatic rings. The number of rotatable bonds is 3. The quantitative estimate of drug-likeness (QED) is 0.417. The van der Waals surface area contributed by atoms with Crippen molar-refractivity contribution in [2.75, 3.05) is 5.88 Å². The summed E-state index contributed by atoms with van der Waals surface area (Å²) in [6.07, 6.45) is 4.20. The lowest BCUT2D eigenvalue weighted by Crippen LogP contribution is -2.29. The van der Waals surface area contributed by atoms with Gasteiger partial charge in [-0.15, -0.1) is 11.3 Å². The second kappa shape index (κ2) is 6.31. The Morgan fingerprint density at radius 2 is 1.78 bits per heavy atom. The molecule has 0 saturated heterocycles. The van der Waals surface area contributed by atoms with E-state index < -0.39 is 0 Å². The fourth-order valence-corrected chi connectivity index (χ4v) is 5.82. The van der Waals surface area contributed by atoms with E-state index in [1.165, 1.54) is 21.5 Å². The Balaban J connectivity index is 1.42. The normalized spacial score (nSPS) is 16.1. The van der Waals surface area contributed by atoms with Crippen molar-refractivity contribution in [3.8, 4) is 0 Å². The second-order valence-corrected chi connectivity index (χ2v) is 8.64. The smallest absolute Gasteiger partial charge is 0.262 e. The topological polar surface area (TPSA) is 83.1 Å². The molecule has 27 heavy (non-hydrogen) atoms. The van der Waals surface area contributed by atoms with Crippen LogP contribution in [0.15, 0.2) is 34.2 Å². The number of nitrogens with zero attached hydrogens (tertiary/aromatic N) is 2. The average Bonchev–Trinajstić information content (AvgIpc) is 3.17. The van der Waals surface area contributed by atoms with Crippen LogP contribution >= 0.6 is 23.1 Å². The van der Waals surface area contributed by atoms with E-state index in [-0.39, 0.29) is 23.3 Å². The Morgan fingerprint density at radius 3 is 2.52 bits per heavy atom. The number of fused-ring (bicyclic) bond motifs is 4. The number of thioether (sulfide) groups is 1. The minimum Gasteiger partial charge on any atom is -0.301 e. The zero-order valence-electron chi connectivity index (χ0n) is 14.3. The van der Waals surface area contributed by atoms with Gasteiger partial charge >= 0.3 is 0 Å². The first-order valence-corrected chi connectivity index (χ1v) is 10.6. The Hall–Kier alpha value is -2.45. The van der Waals surface area contributed by atoms with Crippen LogP contribution in [-0.4, -0.2) is 32.6 Å². The molecular weight excluding hydrogens is 382 g/mol. The minimum absolute atomic E-state index is 0.117. The maximum atomic E-state index is 12.6. The number of aryl methyl sites for hydroxylation is 2. The number of H-pyrrole nitrogens is 1. The van der Waals surface area contributed by atoms with Crippen LogP contribution in [0.3, 0.4) is 0 Å². The van der Waals surface area contributed by atoms with E-state index >= 15 is 0 Å². The van der Waals surface area contributed by atoms with E-state index in [4.69, 9.17) is 0 Å². The molecule has 1 aromatic carbocycles. The molecule has 6 nitrogen and oxygen atoms in total. The molecule has 2 aromatic heterocycles. The number of benzene rings is 1. The summed E-state index contributed by atoms with van der Waals surface area (Å²) in [5, 5.41) is 1.14. The minimum atomic E-state index is -0.307. The van der Waals surface area contributed by atoms with Crippen LogP contribution < -0.4 is 5.56 Å². The highest BCUT2D eigenvalue weighted by molar-refractivity contribution is 7.99. The highest BCUT2D eigenvalue weighted by Crippen LogP contribution is 2.34. The molecule has 1 N–H and O–H groups in total. The van der Waals surface area contributed by atoms with E-state index in [9.17, 15) is 14.4 Å². The Bertz CT molecular complexity index is 1130. The fourth-order valence-electron chi connectivity index (χ4n) is 3.69. The van der Waals surface area contributed by atoms with Crippen molar-refractivity contribution in [1.82, 2.24) is 14.9 Å². The maximum Gasteiger partial charge on any atom is 0.262 e. The molecule has 0 fully saturated rings. The third-order valence-corrected chi connectivity index (χ3v) is 7.05. The van der Waals surface area contributed by atoms with Crippen LogP contribution in [0.5, 0.6) is 0 Å². The second-order valence-electron chi connectivity index (χ2n) is 6.62. The van der Waals surface area contributed by atoms with Gasteiger partial charge in [0.15, 0.2) is 5.16 Å². The first-order valence-electron chi connectivity index (χ1n) is 8.76. The van der Waals surface area contributed by atoms with Gasteiger partial charge in [0, 0.05) is 4.88 Å². The summed E-state index contributed by atoms with van der Waals surface area (Å²) in [4.78, 5) is 48.1. The maximum absolute atomic E-state index is 12.6. The number of nitrogens with one attached hydrogen (secondary N) is 1. The molecule has 0 saturated carbocycles. The average molecular weight is 397 g/mol. The standard InChI is InChI=1S/C19H15N3O3S2/c23-15-14-12-7-3-4-8-13(12)27-16(14)21-19(20-15)26-9-22-17(24)10-5-1-2-6-11(10)18(22)25/h1-2,5-6H,3-4,7-9H2,(H,20,21,23). The number of carbonyl (C=O) groups excluding carboxylic acids is 2. The molecule has 0 bridgehead atoms. The third-order valence-electron chi connectivity index (χ3n) is 5.01. The zero-order chi connectivity index (χ0) is 18.5. The van der Waals surface area contributed by atoms with Gasteiger partial charge in [0.1, 0.15) is 4.83 Å². The Kier molecular flexibility index (Phi) is 3.91. The first kappa shape index (κ1) is 16.7. The van der Waals surface area contributed by atoms with Gasteiger partial charge in [-0.2, -0.15) is 0 Å². The molecular formula is C19H15N3O3S2. The summed E-state index contributed by atoms with van der Waals surface area (Å²) in [5.41, 5.74) is 1.85. The van der Waals surface area contributed by atoms with Crippen molar-refractivity contribution >= 4 is 45.1 Å². The summed E-state index contributed by atoms with van der Waals surface area (Å²) in [6.45, 7) is 0. The van der Waals surface area contributed by atoms with Crippen LogP contribution in [-0.2, 0) is 12.8 Å². The van der Waals surface area contributed by atoms with Crippen molar-refractivity contribution in [1.29, 1.82) is 0 Å². The highest BCUT2D eigenvalue weighted by Gasteiger charge is 2.35. The van der Waals surface area contributed by atoms with Crippen molar-refractivity contribution in [3.63, 3.8) is 0 Å². The number of hydrogen-bond donors (Lipinski definition) is 1. The molecule has 1 aliphatic heterocycles. The van der Waals surface area contributed by atoms with E-state index in [0.717, 1.165) is 36.1 Å². The van der Waals surface area contributed by atoms with Gasteiger partial charge in [-0.1, -0.05) is 23.9 Å². The van der Waals surface area contributed by atoms with Crippen LogP contribution in [0.2, 0.25) is 0 Å². The van der Waals surface area contributed by atoms with E-state index in [0.29, 0.717) is 21.7 Å². The molecule has 0 radical (unpaired) electrons. The zero-order valence-corrected chi connectivity index (χ0v) is 15.9. The lowest BCUT2D eigenvalue weighted by molar-refractivity contribution is 0.0684. The summed E-state index contributed by atoms with van der Waals surface area (Å²) < 4.78 is 0. The fraction of sp³-hybridized carbons (Fsp3) is 0.263. The van der Waals surface area contributed by atoms with Crippen molar-refractivity contribution in [2.45, 2.75) is 30.8 Å². The van der Waals surface area contributed by atoms with Crippen molar-refractivity contribution < 1.29 is 9.59 Å². The van der Waals surface area contributed by atoms with Gasteiger partial charge < -0.3 is 4.98 Å². The van der Waals surface area contributed by atoms with Gasteiger partial charge in [-0.05, 0) is 43.4 Å². The number of aromatic amines is 1. The third kappa shape index (κ3) is 2.62. The summed E-state index contributed by atoms with van der Waals surface area (Å²) in [5.74, 6) is -0.498. The molecule has 2 aliphatic rings. The number of aromatic nitrogens is 2. The molecule has 8 heteroatoms. The van der Waals surface area contributed by atoms with Crippen molar-refractivity contribution in [2.24, 2.45) is 0 Å². The van der Waals surface area contributed by atoms with Gasteiger partial charge in [-0.25, -0.2) is 4.98 Å². The highest BCUT2D eigenvalue weighted by atomic mass is 32.2. The van der Waals surface area contributed by atoms with Crippen LogP contribution in [0.25, 0.3) is 10.2 Å². The lowest BCUT2D eigenvalue weighted by atomic mass is 9.97. The summed E-state index contributed by atoms with van der Waals surface area (Å²) >= 11 is 2.78. The molecule has 0 unspecified atom stereocenters. The summed E-state index contributed by atoms with van der Waals surface area (Å²) in [7, 11) is 0. The van der Waals surface area contributed by atoms with E-state index in [2.05, 4.69) is 9.97 Å². The molecule has 136 valence electrons. The largest absolute Gasteiger partial charge is 0.301 e. The Labute approximate surface area is 162 Å². The monoisotopic (exact) mass is 397 g/mol. The molecule has 0 atom stereocenters.